The van der Waals surface area contributed by atoms with E-state index in [2.05, 4.69) is 4.98 Å². The fraction of sp³-hybridized carbons (Fsp3) is 0. The van der Waals surface area contributed by atoms with Gasteiger partial charge in [-0.15, -0.1) is 11.3 Å². The summed E-state index contributed by atoms with van der Waals surface area (Å²) in [7, 11) is -3.13. The third kappa shape index (κ3) is 24.9. The summed E-state index contributed by atoms with van der Waals surface area (Å²) in [6, 6.07) is 0. The summed E-state index contributed by atoms with van der Waals surface area (Å²) in [6.45, 7) is 0. The summed E-state index contributed by atoms with van der Waals surface area (Å²) >= 11 is 1.60. The molecule has 0 fully saturated rings. The average molecular weight is 209 g/mol. The maximum Gasteiger partial charge on any atom is 0.0791 e. The molecule has 0 unspecified atom stereocenters. The van der Waals surface area contributed by atoms with Crippen LogP contribution in [0.4, 0.5) is 0 Å². The number of hydrogen-bond acceptors (Lipinski definition) is 3. The van der Waals surface area contributed by atoms with Gasteiger partial charge in [-0.25, -0.2) is 0 Å². The van der Waals surface area contributed by atoms with Gasteiger partial charge in [-0.3, -0.25) is 9.55 Å². The molecule has 0 atom stereocenters. The van der Waals surface area contributed by atoms with Gasteiger partial charge in [0.25, 0.3) is 0 Å². The van der Waals surface area contributed by atoms with E-state index in [9.17, 15) is 0 Å². The van der Waals surface area contributed by atoms with Crippen molar-refractivity contribution in [3.05, 3.63) is 17.1 Å². The monoisotopic (exact) mass is 209 g/mol. The van der Waals surface area contributed by atoms with E-state index in [1.807, 2.05) is 5.38 Å². The predicted molar refractivity (Wildman–Crippen MR) is 46.3 cm³/mol. The van der Waals surface area contributed by atoms with E-state index in [-0.39, 0.29) is 35.0 Å². The van der Waals surface area contributed by atoms with Crippen LogP contribution in [-0.2, 0) is 4.57 Å². The maximum absolute atomic E-state index is 8.74. The number of rotatable bonds is 0. The van der Waals surface area contributed by atoms with Crippen LogP contribution in [0.1, 0.15) is 0 Å². The summed E-state index contributed by atoms with van der Waals surface area (Å²) < 4.78 is 8.74. The van der Waals surface area contributed by atoms with Crippen molar-refractivity contribution in [3.63, 3.8) is 0 Å². The Balaban J connectivity index is -0.000000101. The van der Waals surface area contributed by atoms with E-state index in [0.717, 1.165) is 0 Å². The zero-order valence-electron chi connectivity index (χ0n) is 4.89. The van der Waals surface area contributed by atoms with Crippen LogP contribution < -0.4 is 0 Å². The van der Waals surface area contributed by atoms with Crippen molar-refractivity contribution in [1.82, 2.24) is 4.98 Å². The van der Waals surface area contributed by atoms with Crippen LogP contribution in [0.25, 0.3) is 0 Å². The first-order valence-electron chi connectivity index (χ1n) is 1.97. The quantitative estimate of drug-likeness (QED) is 0.424. The predicted octanol–water partition coefficient (Wildman–Crippen LogP) is -0.969. The van der Waals surface area contributed by atoms with E-state index < -0.39 is 8.25 Å². The van der Waals surface area contributed by atoms with Gasteiger partial charge in [-0.1, -0.05) is 0 Å². The zero-order valence-corrected chi connectivity index (χ0v) is 6.71. The first-order chi connectivity index (χ1) is 4.23. The van der Waals surface area contributed by atoms with E-state index in [0.29, 0.717) is 0 Å². The minimum Gasteiger partial charge on any atom is -0.253 e. The Kier molecular flexibility index (Phi) is 21.5. The normalized spacial score (nSPS) is 6.82. The van der Waals surface area contributed by atoms with Crippen molar-refractivity contribution >= 4 is 49.1 Å². The number of thiazole rings is 1. The van der Waals surface area contributed by atoms with Gasteiger partial charge in [0.2, 0.25) is 0 Å². The van der Waals surface area contributed by atoms with Crippen LogP contribution in [0, 0.1) is 0 Å². The molecule has 0 aliphatic rings. The Morgan fingerprint density at radius 2 is 1.91 bits per heavy atom. The molecule has 1 aromatic heterocycles. The first-order valence-corrected chi connectivity index (χ1v) is 4.22. The van der Waals surface area contributed by atoms with E-state index >= 15 is 0 Å². The van der Waals surface area contributed by atoms with Gasteiger partial charge in [-0.05, 0) is 0 Å². The topological polar surface area (TPSA) is 102 Å². The Morgan fingerprint density at radius 3 is 2.00 bits per heavy atom. The van der Waals surface area contributed by atoms with E-state index in [1.54, 1.807) is 23.0 Å². The van der Waals surface area contributed by atoms with Gasteiger partial charge in [0.1, 0.15) is 0 Å². The van der Waals surface area contributed by atoms with E-state index in [1.165, 1.54) is 0 Å². The first kappa shape index (κ1) is 17.7. The molecule has 0 aliphatic heterocycles. The van der Waals surface area contributed by atoms with Gasteiger partial charge in [0.15, 0.2) is 0 Å². The van der Waals surface area contributed by atoms with Gasteiger partial charge >= 0.3 is 37.8 Å². The van der Waals surface area contributed by atoms with Gasteiger partial charge in [0, 0.05) is 11.6 Å². The Hall–Kier alpha value is 0.740. The van der Waals surface area contributed by atoms with Crippen molar-refractivity contribution in [2.45, 2.75) is 0 Å². The molecule has 5 nitrogen and oxygen atoms in total. The van der Waals surface area contributed by atoms with E-state index in [4.69, 9.17) is 14.4 Å². The fourth-order valence-corrected chi connectivity index (χ4v) is 0.527. The van der Waals surface area contributed by atoms with Gasteiger partial charge in [0.05, 0.1) is 5.51 Å². The van der Waals surface area contributed by atoms with Gasteiger partial charge < -0.3 is 15.3 Å². The maximum atomic E-state index is 8.74. The molecule has 0 amide bonds. The molecule has 1 rings (SSSR count). The Labute approximate surface area is 90.7 Å². The number of nitrogens with zero attached hydrogens (tertiary/aromatic N) is 1. The third-order valence-electron chi connectivity index (χ3n) is 0.347. The minimum absolute atomic E-state index is 0. The second kappa shape index (κ2) is 13.3. The molecule has 0 saturated carbocycles. The average Bonchev–Trinajstić information content (AvgIpc) is 2.11. The van der Waals surface area contributed by atoms with Crippen LogP contribution in [-0.4, -0.2) is 49.8 Å². The molecule has 0 saturated heterocycles. The van der Waals surface area contributed by atoms with Crippen molar-refractivity contribution in [2.75, 3.05) is 0 Å². The molecular weight excluding hydrogens is 200 g/mol. The van der Waals surface area contributed by atoms with Crippen LogP contribution in [0.2, 0.25) is 0 Å². The third-order valence-corrected chi connectivity index (χ3v) is 0.869. The van der Waals surface area contributed by atoms with Crippen LogP contribution in [0.15, 0.2) is 17.1 Å². The largest absolute Gasteiger partial charge is 0.253 e. The molecule has 1 heterocycles. The molecule has 1 aromatic rings. The fourth-order valence-electron chi connectivity index (χ4n) is 0.176. The molecule has 8 heteroatoms. The molecule has 0 aliphatic carbocycles. The molecule has 0 radical (unpaired) electrons. The van der Waals surface area contributed by atoms with Crippen LogP contribution in [0.3, 0.4) is 0 Å². The molecule has 0 aromatic carbocycles. The Bertz CT molecular complexity index is 139. The standard InChI is InChI=1S/C3H3NS.Na.H3O3P.H2O.H/c1-2-5-3-4-1;;1-4(2)3;;/h1-3H;;4H,(H2,1,2,3);1H2;. The van der Waals surface area contributed by atoms with Crippen molar-refractivity contribution in [1.29, 1.82) is 0 Å². The number of hydrogen-bond donors (Lipinski definition) is 2. The van der Waals surface area contributed by atoms with Crippen molar-refractivity contribution in [3.8, 4) is 0 Å². The van der Waals surface area contributed by atoms with Crippen LogP contribution in [0.5, 0.6) is 0 Å². The zero-order chi connectivity index (χ0) is 7.11. The second-order valence-electron chi connectivity index (χ2n) is 0.958. The van der Waals surface area contributed by atoms with Gasteiger partial charge in [-0.2, -0.15) is 0 Å². The summed E-state index contributed by atoms with van der Waals surface area (Å²) in [5.74, 6) is 0. The molecule has 0 spiro atoms. The SMILES string of the molecule is O.O=[PH](O)O.[NaH].c1cscn1. The summed E-state index contributed by atoms with van der Waals surface area (Å²) in [5.41, 5.74) is 1.79. The molecule has 0 bridgehead atoms. The summed E-state index contributed by atoms with van der Waals surface area (Å²) in [4.78, 5) is 18.1. The second-order valence-corrected chi connectivity index (χ2v) is 2.28. The Morgan fingerprint density at radius 1 is 1.45 bits per heavy atom. The molecule has 11 heavy (non-hydrogen) atoms. The van der Waals surface area contributed by atoms with Crippen LogP contribution >= 0.6 is 19.6 Å². The van der Waals surface area contributed by atoms with Crippen molar-refractivity contribution in [2.24, 2.45) is 0 Å². The molecular formula is C3H9NNaO4PS. The minimum atomic E-state index is -3.13. The molecule has 62 valence electrons. The smallest absolute Gasteiger partial charge is 0.0791 e. The van der Waals surface area contributed by atoms with Crippen molar-refractivity contribution < 1.29 is 19.8 Å². The molecule has 4 N–H and O–H groups in total. The summed E-state index contributed by atoms with van der Waals surface area (Å²) in [6.07, 6.45) is 1.77. The number of aromatic nitrogens is 1. The summed E-state index contributed by atoms with van der Waals surface area (Å²) in [5, 5.41) is 1.93.